The molecule has 0 radical (unpaired) electrons. The summed E-state index contributed by atoms with van der Waals surface area (Å²) in [5.74, 6) is 2.17. The molecule has 1 aliphatic rings. The van der Waals surface area contributed by atoms with Crippen molar-refractivity contribution in [2.75, 3.05) is 43.1 Å². The Hall–Kier alpha value is -2.35. The Balaban J connectivity index is 1.48. The zero-order valence-electron chi connectivity index (χ0n) is 13.2. The van der Waals surface area contributed by atoms with Gasteiger partial charge in [0.05, 0.1) is 28.8 Å². The van der Waals surface area contributed by atoms with Gasteiger partial charge in [0.15, 0.2) is 0 Å². The number of imidazole rings is 1. The van der Waals surface area contributed by atoms with Gasteiger partial charge in [0, 0.05) is 26.2 Å². The molecule has 1 saturated heterocycles. The number of methoxy groups -OCH3 is 1. The minimum atomic E-state index is 0.555. The SMILES string of the molecule is COc1nc(N2CCN(c3nc4ccccc4[nH]3)CC2)ncc1Br. The van der Waals surface area contributed by atoms with Crippen LogP contribution in [-0.4, -0.2) is 53.2 Å². The largest absolute Gasteiger partial charge is 0.480 e. The average molecular weight is 389 g/mol. The van der Waals surface area contributed by atoms with E-state index in [-0.39, 0.29) is 0 Å². The summed E-state index contributed by atoms with van der Waals surface area (Å²) in [5, 5.41) is 0. The number of ether oxygens (including phenoxy) is 1. The van der Waals surface area contributed by atoms with Crippen LogP contribution in [0.5, 0.6) is 5.88 Å². The lowest BCUT2D eigenvalue weighted by Crippen LogP contribution is -2.47. The van der Waals surface area contributed by atoms with Crippen molar-refractivity contribution in [1.82, 2.24) is 19.9 Å². The molecule has 0 saturated carbocycles. The van der Waals surface area contributed by atoms with E-state index in [4.69, 9.17) is 4.74 Å². The van der Waals surface area contributed by atoms with E-state index in [1.54, 1.807) is 13.3 Å². The van der Waals surface area contributed by atoms with Crippen molar-refractivity contribution >= 4 is 38.9 Å². The second-order valence-corrected chi connectivity index (χ2v) is 6.43. The lowest BCUT2D eigenvalue weighted by atomic mass is 10.3. The molecule has 24 heavy (non-hydrogen) atoms. The van der Waals surface area contributed by atoms with E-state index in [1.165, 1.54) is 0 Å². The number of fused-ring (bicyclic) bond motifs is 1. The van der Waals surface area contributed by atoms with Crippen molar-refractivity contribution in [2.45, 2.75) is 0 Å². The number of nitrogens with one attached hydrogen (secondary N) is 1. The molecule has 1 aliphatic heterocycles. The predicted molar refractivity (Wildman–Crippen MR) is 96.8 cm³/mol. The molecule has 0 aliphatic carbocycles. The number of halogens is 1. The van der Waals surface area contributed by atoms with Gasteiger partial charge in [0.1, 0.15) is 0 Å². The van der Waals surface area contributed by atoms with Gasteiger partial charge in [-0.1, -0.05) is 12.1 Å². The highest BCUT2D eigenvalue weighted by atomic mass is 79.9. The Morgan fingerprint density at radius 3 is 2.58 bits per heavy atom. The number of rotatable bonds is 3. The van der Waals surface area contributed by atoms with Crippen molar-refractivity contribution < 1.29 is 4.74 Å². The lowest BCUT2D eigenvalue weighted by Gasteiger charge is -2.34. The van der Waals surface area contributed by atoms with E-state index in [0.29, 0.717) is 11.8 Å². The molecular weight excluding hydrogens is 372 g/mol. The van der Waals surface area contributed by atoms with Gasteiger partial charge in [-0.3, -0.25) is 0 Å². The number of para-hydroxylation sites is 2. The van der Waals surface area contributed by atoms with Crippen LogP contribution in [0.25, 0.3) is 11.0 Å². The number of H-pyrrole nitrogens is 1. The minimum Gasteiger partial charge on any atom is -0.480 e. The van der Waals surface area contributed by atoms with Gasteiger partial charge in [0.2, 0.25) is 17.8 Å². The fourth-order valence-electron chi connectivity index (χ4n) is 2.85. The number of piperazine rings is 1. The summed E-state index contributed by atoms with van der Waals surface area (Å²) in [5.41, 5.74) is 2.06. The third-order valence-corrected chi connectivity index (χ3v) is 4.68. The summed E-state index contributed by atoms with van der Waals surface area (Å²) in [4.78, 5) is 21.3. The number of nitrogens with zero attached hydrogens (tertiary/aromatic N) is 5. The predicted octanol–water partition coefficient (Wildman–Crippen LogP) is 2.45. The first kappa shape index (κ1) is 15.2. The zero-order valence-corrected chi connectivity index (χ0v) is 14.8. The van der Waals surface area contributed by atoms with E-state index in [2.05, 4.69) is 45.7 Å². The van der Waals surface area contributed by atoms with Crippen LogP contribution in [0.3, 0.4) is 0 Å². The summed E-state index contributed by atoms with van der Waals surface area (Å²) >= 11 is 3.38. The first-order chi connectivity index (χ1) is 11.7. The van der Waals surface area contributed by atoms with E-state index in [1.807, 2.05) is 24.3 Å². The molecule has 3 aromatic rings. The monoisotopic (exact) mass is 388 g/mol. The Kier molecular flexibility index (Phi) is 3.97. The molecule has 8 heteroatoms. The van der Waals surface area contributed by atoms with Crippen LogP contribution < -0.4 is 14.5 Å². The third-order valence-electron chi connectivity index (χ3n) is 4.13. The molecule has 1 N–H and O–H groups in total. The van der Waals surface area contributed by atoms with Gasteiger partial charge in [-0.2, -0.15) is 4.98 Å². The summed E-state index contributed by atoms with van der Waals surface area (Å²) in [6.07, 6.45) is 1.73. The van der Waals surface area contributed by atoms with Crippen LogP contribution in [0.2, 0.25) is 0 Å². The van der Waals surface area contributed by atoms with Gasteiger partial charge >= 0.3 is 0 Å². The van der Waals surface area contributed by atoms with Crippen LogP contribution in [0.1, 0.15) is 0 Å². The molecule has 1 fully saturated rings. The van der Waals surface area contributed by atoms with Gasteiger partial charge in [0.25, 0.3) is 0 Å². The number of hydrogen-bond donors (Lipinski definition) is 1. The summed E-state index contributed by atoms with van der Waals surface area (Å²) < 4.78 is 6.01. The Bertz CT molecular complexity index is 826. The van der Waals surface area contributed by atoms with Crippen LogP contribution in [0, 0.1) is 0 Å². The molecule has 2 aromatic heterocycles. The summed E-state index contributed by atoms with van der Waals surface area (Å²) in [6, 6.07) is 8.08. The first-order valence-corrected chi connectivity index (χ1v) is 8.55. The first-order valence-electron chi connectivity index (χ1n) is 7.76. The standard InChI is InChI=1S/C16H17BrN6O/c1-24-14-11(17)10-18-15(21-14)22-6-8-23(9-7-22)16-19-12-4-2-3-5-13(12)20-16/h2-5,10H,6-9H2,1H3,(H,19,20). The fraction of sp³-hybridized carbons (Fsp3) is 0.312. The molecule has 0 bridgehead atoms. The van der Waals surface area contributed by atoms with Gasteiger partial charge in [-0.05, 0) is 28.1 Å². The minimum absolute atomic E-state index is 0.555. The number of benzene rings is 1. The number of anilines is 2. The molecule has 3 heterocycles. The van der Waals surface area contributed by atoms with Crippen LogP contribution in [-0.2, 0) is 0 Å². The molecule has 124 valence electrons. The summed E-state index contributed by atoms with van der Waals surface area (Å²) in [6.45, 7) is 3.40. The number of aromatic nitrogens is 4. The van der Waals surface area contributed by atoms with Crippen molar-refractivity contribution in [2.24, 2.45) is 0 Å². The molecule has 1 aromatic carbocycles. The van der Waals surface area contributed by atoms with Gasteiger partial charge < -0.3 is 19.5 Å². The van der Waals surface area contributed by atoms with Crippen LogP contribution in [0.4, 0.5) is 11.9 Å². The highest BCUT2D eigenvalue weighted by molar-refractivity contribution is 9.10. The Labute approximate surface area is 147 Å². The quantitative estimate of drug-likeness (QED) is 0.742. The van der Waals surface area contributed by atoms with Crippen LogP contribution in [0.15, 0.2) is 34.9 Å². The smallest absolute Gasteiger partial charge is 0.232 e. The third kappa shape index (κ3) is 2.77. The van der Waals surface area contributed by atoms with Crippen molar-refractivity contribution in [3.8, 4) is 5.88 Å². The van der Waals surface area contributed by atoms with Crippen molar-refractivity contribution in [1.29, 1.82) is 0 Å². The normalized spacial score (nSPS) is 15.1. The topological polar surface area (TPSA) is 70.2 Å². The van der Waals surface area contributed by atoms with Crippen LogP contribution >= 0.6 is 15.9 Å². The second-order valence-electron chi connectivity index (χ2n) is 5.58. The van der Waals surface area contributed by atoms with E-state index < -0.39 is 0 Å². The fourth-order valence-corrected chi connectivity index (χ4v) is 3.20. The average Bonchev–Trinajstić information content (AvgIpc) is 3.06. The Morgan fingerprint density at radius 1 is 1.08 bits per heavy atom. The molecule has 0 unspecified atom stereocenters. The molecular formula is C16H17BrN6O. The second kappa shape index (κ2) is 6.27. The maximum absolute atomic E-state index is 5.25. The van der Waals surface area contributed by atoms with Gasteiger partial charge in [-0.25, -0.2) is 9.97 Å². The highest BCUT2D eigenvalue weighted by Gasteiger charge is 2.22. The highest BCUT2D eigenvalue weighted by Crippen LogP contribution is 2.24. The van der Waals surface area contributed by atoms with Gasteiger partial charge in [-0.15, -0.1) is 0 Å². The maximum atomic E-state index is 5.25. The van der Waals surface area contributed by atoms with E-state index in [9.17, 15) is 0 Å². The van der Waals surface area contributed by atoms with E-state index in [0.717, 1.165) is 47.6 Å². The number of hydrogen-bond acceptors (Lipinski definition) is 6. The molecule has 7 nitrogen and oxygen atoms in total. The van der Waals surface area contributed by atoms with Crippen molar-refractivity contribution in [3.63, 3.8) is 0 Å². The lowest BCUT2D eigenvalue weighted by molar-refractivity contribution is 0.393. The molecule has 0 spiro atoms. The number of aromatic amines is 1. The Morgan fingerprint density at radius 2 is 1.83 bits per heavy atom. The molecule has 4 rings (SSSR count). The maximum Gasteiger partial charge on any atom is 0.232 e. The summed E-state index contributed by atoms with van der Waals surface area (Å²) in [7, 11) is 1.61. The zero-order chi connectivity index (χ0) is 16.5. The molecule has 0 atom stereocenters. The molecule has 0 amide bonds. The van der Waals surface area contributed by atoms with Crippen molar-refractivity contribution in [3.05, 3.63) is 34.9 Å². The van der Waals surface area contributed by atoms with E-state index >= 15 is 0 Å².